The topological polar surface area (TPSA) is 40.6 Å². The maximum absolute atomic E-state index is 12.8. The lowest BCUT2D eigenvalue weighted by atomic mass is 10.0. The van der Waals surface area contributed by atoms with Gasteiger partial charge in [-0.1, -0.05) is 47.0 Å². The zero-order valence-electron chi connectivity index (χ0n) is 16.0. The summed E-state index contributed by atoms with van der Waals surface area (Å²) in [4.78, 5) is 28.5. The lowest BCUT2D eigenvalue weighted by Crippen LogP contribution is -2.37. The Hall–Kier alpha value is -2.33. The minimum Gasteiger partial charge on any atom is -0.268 e. The quantitative estimate of drug-likeness (QED) is 0.445. The number of nitrogens with zero attached hydrogens (tertiary/aromatic N) is 2. The third-order valence-electron chi connectivity index (χ3n) is 4.80. The van der Waals surface area contributed by atoms with Crippen LogP contribution in [0.5, 0.6) is 0 Å². The molecule has 1 saturated heterocycles. The first kappa shape index (κ1) is 18.5. The van der Waals surface area contributed by atoms with E-state index < -0.39 is 17.4 Å². The van der Waals surface area contributed by atoms with E-state index in [1.54, 1.807) is 0 Å². The van der Waals surface area contributed by atoms with E-state index in [0.29, 0.717) is 11.4 Å². The molecule has 0 N–H and O–H groups in total. The fraction of sp³-hybridized carbons (Fsp3) is 0.333. The second kappa shape index (κ2) is 6.44. The molecule has 0 radical (unpaired) electrons. The molecule has 136 valence electrons. The van der Waals surface area contributed by atoms with E-state index >= 15 is 0 Å². The molecule has 0 atom stereocenters. The van der Waals surface area contributed by atoms with E-state index in [0.717, 1.165) is 33.4 Å². The number of amides is 2. The lowest BCUT2D eigenvalue weighted by Gasteiger charge is -2.28. The Morgan fingerprint density at radius 2 is 0.923 bits per heavy atom. The number of hydrogen-bond donors (Lipinski definition) is 0. The van der Waals surface area contributed by atoms with Crippen LogP contribution in [0.3, 0.4) is 0 Å². The molecule has 1 fully saturated rings. The van der Waals surface area contributed by atoms with E-state index in [1.165, 1.54) is 9.80 Å². The molecule has 3 rings (SSSR count). The van der Waals surface area contributed by atoms with Gasteiger partial charge >= 0.3 is 11.8 Å². The molecule has 0 bridgehead atoms. The van der Waals surface area contributed by atoms with Crippen LogP contribution in [0, 0.1) is 41.5 Å². The molecule has 0 unspecified atom stereocenters. The van der Waals surface area contributed by atoms with Crippen LogP contribution in [0.1, 0.15) is 33.4 Å². The Morgan fingerprint density at radius 3 is 1.19 bits per heavy atom. The summed E-state index contributed by atoms with van der Waals surface area (Å²) in [5, 5.41) is 0. The summed E-state index contributed by atoms with van der Waals surface area (Å²) in [6, 6.07) is 7.98. The lowest BCUT2D eigenvalue weighted by molar-refractivity contribution is -0.133. The maximum atomic E-state index is 12.8. The maximum Gasteiger partial charge on any atom is 0.319 e. The summed E-state index contributed by atoms with van der Waals surface area (Å²) in [5.41, 5.74) is 6.43. The third-order valence-corrected chi connectivity index (χ3v) is 5.19. The molecule has 2 aromatic carbocycles. The van der Waals surface area contributed by atoms with Crippen LogP contribution in [0.4, 0.5) is 11.4 Å². The Morgan fingerprint density at radius 1 is 0.654 bits per heavy atom. The molecule has 0 aliphatic carbocycles. The molecular formula is C21H23ClN2O2. The van der Waals surface area contributed by atoms with Gasteiger partial charge in [0.25, 0.3) is 0 Å². The summed E-state index contributed by atoms with van der Waals surface area (Å²) < 4.78 is 0. The Balaban J connectivity index is 2.15. The highest BCUT2D eigenvalue weighted by Crippen LogP contribution is 2.38. The third kappa shape index (κ3) is 2.78. The van der Waals surface area contributed by atoms with Crippen LogP contribution < -0.4 is 9.80 Å². The predicted molar refractivity (Wildman–Crippen MR) is 106 cm³/mol. The van der Waals surface area contributed by atoms with Crippen molar-refractivity contribution in [3.8, 4) is 0 Å². The number of anilines is 2. The van der Waals surface area contributed by atoms with Crippen molar-refractivity contribution in [3.05, 3.63) is 57.6 Å². The molecule has 1 heterocycles. The molecule has 4 nitrogen and oxygen atoms in total. The molecule has 2 amide bonds. The number of carbonyl (C=O) groups is 2. The van der Waals surface area contributed by atoms with Crippen LogP contribution in [0.25, 0.3) is 0 Å². The predicted octanol–water partition coefficient (Wildman–Crippen LogP) is 4.44. The van der Waals surface area contributed by atoms with Gasteiger partial charge in [-0.25, -0.2) is 0 Å². The van der Waals surface area contributed by atoms with Crippen molar-refractivity contribution in [1.82, 2.24) is 0 Å². The van der Waals surface area contributed by atoms with Gasteiger partial charge in [0.05, 0.1) is 11.4 Å². The molecule has 0 saturated carbocycles. The van der Waals surface area contributed by atoms with Crippen molar-refractivity contribution < 1.29 is 9.59 Å². The van der Waals surface area contributed by atoms with Crippen LogP contribution in [-0.4, -0.2) is 17.4 Å². The van der Waals surface area contributed by atoms with Crippen molar-refractivity contribution >= 4 is 34.8 Å². The molecular weight excluding hydrogens is 348 g/mol. The van der Waals surface area contributed by atoms with E-state index in [-0.39, 0.29) is 0 Å². The van der Waals surface area contributed by atoms with Gasteiger partial charge in [0.1, 0.15) is 0 Å². The largest absolute Gasteiger partial charge is 0.319 e. The van der Waals surface area contributed by atoms with E-state index in [9.17, 15) is 9.59 Å². The Labute approximate surface area is 159 Å². The van der Waals surface area contributed by atoms with Crippen LogP contribution in [-0.2, 0) is 9.59 Å². The zero-order valence-corrected chi connectivity index (χ0v) is 16.7. The highest BCUT2D eigenvalue weighted by molar-refractivity contribution is 6.52. The molecule has 0 spiro atoms. The van der Waals surface area contributed by atoms with Crippen LogP contribution in [0.2, 0.25) is 0 Å². The number of aryl methyl sites for hydroxylation is 6. The number of alkyl halides is 1. The summed E-state index contributed by atoms with van der Waals surface area (Å²) in [5.74, 6) is -1.20. The van der Waals surface area contributed by atoms with Gasteiger partial charge in [-0.05, 0) is 63.8 Å². The first-order valence-corrected chi connectivity index (χ1v) is 9.03. The van der Waals surface area contributed by atoms with Crippen molar-refractivity contribution in [2.75, 3.05) is 9.80 Å². The zero-order chi connectivity index (χ0) is 19.3. The first-order valence-electron chi connectivity index (χ1n) is 8.60. The first-order chi connectivity index (χ1) is 12.1. The van der Waals surface area contributed by atoms with Crippen LogP contribution >= 0.6 is 11.6 Å². The Kier molecular flexibility index (Phi) is 4.57. The van der Waals surface area contributed by atoms with Crippen molar-refractivity contribution in [3.63, 3.8) is 0 Å². The Bertz CT molecular complexity index is 814. The average Bonchev–Trinajstić information content (AvgIpc) is 2.71. The van der Waals surface area contributed by atoms with Gasteiger partial charge in [0.15, 0.2) is 5.62 Å². The summed E-state index contributed by atoms with van der Waals surface area (Å²) >= 11 is 6.68. The summed E-state index contributed by atoms with van der Waals surface area (Å²) in [6.45, 7) is 11.7. The van der Waals surface area contributed by atoms with Crippen molar-refractivity contribution in [1.29, 1.82) is 0 Å². The number of halogens is 1. The number of benzene rings is 2. The van der Waals surface area contributed by atoms with E-state index in [1.807, 2.05) is 65.8 Å². The molecule has 2 aromatic rings. The molecule has 1 aliphatic heterocycles. The smallest absolute Gasteiger partial charge is 0.268 e. The van der Waals surface area contributed by atoms with Gasteiger partial charge in [-0.3, -0.25) is 19.4 Å². The van der Waals surface area contributed by atoms with Gasteiger partial charge < -0.3 is 0 Å². The fourth-order valence-corrected chi connectivity index (χ4v) is 4.41. The molecule has 0 aromatic heterocycles. The minimum atomic E-state index is -0.893. The van der Waals surface area contributed by atoms with Crippen molar-refractivity contribution in [2.45, 2.75) is 47.2 Å². The highest BCUT2D eigenvalue weighted by atomic mass is 35.5. The minimum absolute atomic E-state index is 0.598. The second-order valence-electron chi connectivity index (χ2n) is 7.16. The highest BCUT2D eigenvalue weighted by Gasteiger charge is 2.47. The number of carbonyl (C=O) groups excluding carboxylic acids is 2. The number of rotatable bonds is 2. The fourth-order valence-electron chi connectivity index (χ4n) is 4.04. The van der Waals surface area contributed by atoms with Gasteiger partial charge in [-0.15, -0.1) is 0 Å². The summed E-state index contributed by atoms with van der Waals surface area (Å²) in [7, 11) is 0. The average molecular weight is 371 g/mol. The SMILES string of the molecule is Cc1cc(C)c(N2C(=O)C(=O)N(c3c(C)cc(C)cc3C)C2Cl)c(C)c1. The molecule has 1 aliphatic rings. The van der Waals surface area contributed by atoms with E-state index in [4.69, 9.17) is 11.6 Å². The molecule has 5 heteroatoms. The van der Waals surface area contributed by atoms with Crippen molar-refractivity contribution in [2.24, 2.45) is 0 Å². The van der Waals surface area contributed by atoms with Crippen LogP contribution in [0.15, 0.2) is 24.3 Å². The summed E-state index contributed by atoms with van der Waals surface area (Å²) in [6.07, 6.45) is 0. The van der Waals surface area contributed by atoms with Gasteiger partial charge in [0.2, 0.25) is 0 Å². The van der Waals surface area contributed by atoms with E-state index in [2.05, 4.69) is 0 Å². The van der Waals surface area contributed by atoms with Gasteiger partial charge in [0, 0.05) is 0 Å². The monoisotopic (exact) mass is 370 g/mol. The van der Waals surface area contributed by atoms with Gasteiger partial charge in [-0.2, -0.15) is 0 Å². The second-order valence-corrected chi connectivity index (χ2v) is 7.55. The normalized spacial score (nSPS) is 15.3. The standard InChI is InChI=1S/C21H23ClN2O2/c1-11-7-13(3)17(14(4)8-11)23-19(25)20(26)24(21(23)22)18-15(5)9-12(2)10-16(18)6/h7-10,21H,1-6H3. The number of hydrogen-bond acceptors (Lipinski definition) is 2. The molecule has 26 heavy (non-hydrogen) atoms.